The first-order valence-corrected chi connectivity index (χ1v) is 2.97. The monoisotopic (exact) mass is 151 g/mol. The predicted molar refractivity (Wildman–Crippen MR) is 30.0 cm³/mol. The molecule has 1 aliphatic heterocycles. The average molecular weight is 151 g/mol. The van der Waals surface area contributed by atoms with Crippen molar-refractivity contribution in [2.24, 2.45) is 0 Å². The Labute approximate surface area is 57.5 Å². The van der Waals surface area contributed by atoms with Crippen molar-refractivity contribution in [3.05, 3.63) is 0 Å². The van der Waals surface area contributed by atoms with Crippen LogP contribution in [0.25, 0.3) is 0 Å². The van der Waals surface area contributed by atoms with Crippen molar-refractivity contribution in [1.29, 1.82) is 0 Å². The molecule has 5 heteroatoms. The van der Waals surface area contributed by atoms with Gasteiger partial charge in [0.25, 0.3) is 0 Å². The summed E-state index contributed by atoms with van der Waals surface area (Å²) >= 11 is 0. The molecule has 10 heavy (non-hydrogen) atoms. The van der Waals surface area contributed by atoms with E-state index < -0.39 is 31.2 Å². The van der Waals surface area contributed by atoms with Crippen LogP contribution in [0.1, 0.15) is 0 Å². The Hall–Kier alpha value is -0.200. The van der Waals surface area contributed by atoms with Gasteiger partial charge in [-0.2, -0.15) is 0 Å². The van der Waals surface area contributed by atoms with Gasteiger partial charge in [0.15, 0.2) is 6.29 Å². The van der Waals surface area contributed by atoms with Gasteiger partial charge in [0.05, 0.1) is 6.61 Å². The normalized spacial score (nSPS) is 48.0. The Bertz CT molecular complexity index is 117. The minimum atomic E-state index is -1.38. The summed E-state index contributed by atoms with van der Waals surface area (Å²) in [5.74, 6) is 0. The number of hydrogen-bond acceptors (Lipinski definition) is 5. The second kappa shape index (κ2) is 2.81. The molecule has 1 fully saturated rings. The maximum atomic E-state index is 8.93. The Kier molecular flexibility index (Phi) is 2.22. The molecule has 60 valence electrons. The third kappa shape index (κ3) is 1.14. The van der Waals surface area contributed by atoms with Crippen molar-refractivity contribution < 1.29 is 25.2 Å². The highest BCUT2D eigenvalue weighted by molar-refractivity contribution is 4.84. The van der Waals surface area contributed by atoms with Crippen molar-refractivity contribution in [3.8, 4) is 0 Å². The quantitative estimate of drug-likeness (QED) is 0.309. The summed E-state index contributed by atoms with van der Waals surface area (Å²) in [6.45, 7) is -0.407. The molecule has 0 aromatic carbocycles. The Morgan fingerprint density at radius 3 is 1.90 bits per heavy atom. The molecule has 0 saturated carbocycles. The van der Waals surface area contributed by atoms with Gasteiger partial charge in [0.1, 0.15) is 18.3 Å². The lowest BCUT2D eigenvalue weighted by atomic mass is 10.2. The van der Waals surface area contributed by atoms with E-state index in [4.69, 9.17) is 20.4 Å². The summed E-state index contributed by atoms with van der Waals surface area (Å²) in [4.78, 5) is 0. The van der Waals surface area contributed by atoms with Crippen molar-refractivity contribution in [2.75, 3.05) is 6.61 Å². The van der Waals surface area contributed by atoms with E-state index in [1.807, 2.05) is 0 Å². The van der Waals surface area contributed by atoms with Crippen LogP contribution in [0.4, 0.5) is 0 Å². The minimum absolute atomic E-state index is 0.407. The lowest BCUT2D eigenvalue weighted by Crippen LogP contribution is -2.33. The molecule has 1 heterocycles. The minimum Gasteiger partial charge on any atom is -0.394 e. The van der Waals surface area contributed by atoms with Gasteiger partial charge in [-0.25, -0.2) is 0 Å². The maximum Gasteiger partial charge on any atom is 0.184 e. The Morgan fingerprint density at radius 2 is 1.70 bits per heavy atom. The van der Waals surface area contributed by atoms with Gasteiger partial charge in [-0.15, -0.1) is 0 Å². The summed E-state index contributed by atoms with van der Waals surface area (Å²) < 4.78 is 4.54. The van der Waals surface area contributed by atoms with Crippen molar-refractivity contribution >= 4 is 0 Å². The van der Waals surface area contributed by atoms with Gasteiger partial charge in [0.2, 0.25) is 0 Å². The van der Waals surface area contributed by atoms with Crippen molar-refractivity contribution in [2.45, 2.75) is 24.6 Å². The summed E-state index contributed by atoms with van der Waals surface area (Å²) in [7, 11) is 0. The largest absolute Gasteiger partial charge is 0.394 e. The van der Waals surface area contributed by atoms with E-state index in [-0.39, 0.29) is 0 Å². The smallest absolute Gasteiger partial charge is 0.184 e. The number of rotatable bonds is 1. The van der Waals surface area contributed by atoms with Gasteiger partial charge >= 0.3 is 0 Å². The SMILES string of the molecule is OC[C@H]1O[13CH](O)[C@H](O)[C@@H]1O. The van der Waals surface area contributed by atoms with Gasteiger partial charge < -0.3 is 25.2 Å². The topological polar surface area (TPSA) is 90.2 Å². The molecular formula is C5H10O5. The standard InChI is InChI=1S/C5H10O5/c6-1-2-3(7)4(8)5(9)10-2/h2-9H,1H2/t2-,3-,4-,5?/m1/s1/i5+1. The number of ether oxygens (including phenoxy) is 1. The molecular weight excluding hydrogens is 141 g/mol. The molecule has 0 aliphatic carbocycles. The number of aliphatic hydroxyl groups is 4. The van der Waals surface area contributed by atoms with Crippen LogP contribution in [0.15, 0.2) is 0 Å². The third-order valence-corrected chi connectivity index (χ3v) is 1.52. The van der Waals surface area contributed by atoms with Crippen molar-refractivity contribution in [1.82, 2.24) is 0 Å². The first-order valence-electron chi connectivity index (χ1n) is 2.97. The molecule has 0 amide bonds. The molecule has 0 spiro atoms. The zero-order valence-electron chi connectivity index (χ0n) is 5.21. The highest BCUT2D eigenvalue weighted by Gasteiger charge is 2.41. The first-order chi connectivity index (χ1) is 4.66. The molecule has 4 atom stereocenters. The van der Waals surface area contributed by atoms with Gasteiger partial charge in [-0.05, 0) is 0 Å². The molecule has 0 aromatic rings. The number of hydrogen-bond donors (Lipinski definition) is 4. The molecule has 1 unspecified atom stereocenters. The van der Waals surface area contributed by atoms with Crippen molar-refractivity contribution in [3.63, 3.8) is 0 Å². The summed E-state index contributed by atoms with van der Waals surface area (Å²) in [5, 5.41) is 35.0. The van der Waals surface area contributed by atoms with Crippen LogP contribution in [0.2, 0.25) is 0 Å². The van der Waals surface area contributed by atoms with Crippen LogP contribution in [0, 0.1) is 0 Å². The highest BCUT2D eigenvalue weighted by Crippen LogP contribution is 2.18. The van der Waals surface area contributed by atoms with Gasteiger partial charge in [-0.3, -0.25) is 0 Å². The fourth-order valence-electron chi connectivity index (χ4n) is 0.880. The second-order valence-electron chi connectivity index (χ2n) is 2.23. The Morgan fingerprint density at radius 1 is 1.10 bits per heavy atom. The van der Waals surface area contributed by atoms with Crippen LogP contribution in [-0.4, -0.2) is 51.6 Å². The Balaban J connectivity index is 2.53. The molecule has 1 rings (SSSR count). The summed E-state index contributed by atoms with van der Waals surface area (Å²) in [5.41, 5.74) is 0. The van der Waals surface area contributed by atoms with E-state index in [9.17, 15) is 0 Å². The summed E-state index contributed by atoms with van der Waals surface area (Å²) in [6, 6.07) is 0. The van der Waals surface area contributed by atoms with E-state index in [2.05, 4.69) is 4.74 Å². The first kappa shape index (κ1) is 7.90. The van der Waals surface area contributed by atoms with Gasteiger partial charge in [0, 0.05) is 0 Å². The van der Waals surface area contributed by atoms with Crippen LogP contribution < -0.4 is 0 Å². The van der Waals surface area contributed by atoms with E-state index >= 15 is 0 Å². The molecule has 4 N–H and O–H groups in total. The van der Waals surface area contributed by atoms with Crippen LogP contribution in [0.5, 0.6) is 0 Å². The summed E-state index contributed by atoms with van der Waals surface area (Å²) in [6.07, 6.45) is -4.76. The molecule has 5 nitrogen and oxygen atoms in total. The molecule has 1 saturated heterocycles. The fraction of sp³-hybridized carbons (Fsp3) is 1.00. The number of aliphatic hydroxyl groups excluding tert-OH is 4. The maximum absolute atomic E-state index is 8.93. The second-order valence-corrected chi connectivity index (χ2v) is 2.23. The molecule has 0 radical (unpaired) electrons. The van der Waals surface area contributed by atoms with E-state index in [0.717, 1.165) is 0 Å². The lowest BCUT2D eigenvalue weighted by Gasteiger charge is -2.09. The third-order valence-electron chi connectivity index (χ3n) is 1.52. The zero-order valence-corrected chi connectivity index (χ0v) is 5.21. The van der Waals surface area contributed by atoms with E-state index in [1.165, 1.54) is 0 Å². The predicted octanol–water partition coefficient (Wildman–Crippen LogP) is -2.58. The fourth-order valence-corrected chi connectivity index (χ4v) is 0.880. The zero-order chi connectivity index (χ0) is 7.72. The molecule has 0 aromatic heterocycles. The van der Waals surface area contributed by atoms with Crippen LogP contribution in [-0.2, 0) is 4.74 Å². The van der Waals surface area contributed by atoms with Gasteiger partial charge in [-0.1, -0.05) is 0 Å². The lowest BCUT2D eigenvalue weighted by molar-refractivity contribution is -0.132. The molecule has 1 aliphatic rings. The van der Waals surface area contributed by atoms with E-state index in [0.29, 0.717) is 0 Å². The average Bonchev–Trinajstić information content (AvgIpc) is 2.17. The van der Waals surface area contributed by atoms with Crippen LogP contribution >= 0.6 is 0 Å². The van der Waals surface area contributed by atoms with Crippen LogP contribution in [0.3, 0.4) is 0 Å². The highest BCUT2D eigenvalue weighted by atomic mass is 16.7. The van der Waals surface area contributed by atoms with E-state index in [1.54, 1.807) is 0 Å². The molecule has 0 bridgehead atoms.